The Morgan fingerprint density at radius 3 is 1.35 bits per heavy atom. The van der Waals surface area contributed by atoms with Crippen LogP contribution in [0.5, 0.6) is 0 Å². The van der Waals surface area contributed by atoms with E-state index >= 15 is 0 Å². The summed E-state index contributed by atoms with van der Waals surface area (Å²) in [7, 11) is 12.1. The third kappa shape index (κ3) is 39.0. The van der Waals surface area contributed by atoms with Crippen LogP contribution < -0.4 is 4.57 Å². The zero-order valence-corrected chi connectivity index (χ0v) is 14.4. The molecule has 0 unspecified atom stereocenters. The lowest BCUT2D eigenvalue weighted by molar-refractivity contribution is -0.849. The first-order valence-electron chi connectivity index (χ1n) is 5.84. The van der Waals surface area contributed by atoms with Gasteiger partial charge in [0.25, 0.3) is 0 Å². The van der Waals surface area contributed by atoms with Crippen molar-refractivity contribution < 1.29 is 9.05 Å². The van der Waals surface area contributed by atoms with Crippen molar-refractivity contribution in [1.82, 2.24) is 4.57 Å². The highest BCUT2D eigenvalue weighted by Crippen LogP contribution is 2.40. The van der Waals surface area contributed by atoms with E-state index < -0.39 is 0 Å². The van der Waals surface area contributed by atoms with E-state index in [2.05, 4.69) is 54.8 Å². The van der Waals surface area contributed by atoms with Crippen molar-refractivity contribution in [3.63, 3.8) is 0 Å². The van der Waals surface area contributed by atoms with Crippen LogP contribution in [0.4, 0.5) is 0 Å². The SMILES string of the molecule is C[N+](C)(C)C.C[P+](C)(C)C.Cn1cc[n+](C)c1. The Kier molecular flexibility index (Phi) is 8.74. The monoisotopic (exact) mass is 262 g/mol. The second kappa shape index (κ2) is 7.84. The van der Waals surface area contributed by atoms with Crippen molar-refractivity contribution in [1.29, 1.82) is 0 Å². The highest BCUT2D eigenvalue weighted by Gasteiger charge is 2.03. The molecule has 0 aliphatic carbocycles. The summed E-state index contributed by atoms with van der Waals surface area (Å²) in [5.74, 6) is 0. The van der Waals surface area contributed by atoms with Gasteiger partial charge in [-0.15, -0.1) is 0 Å². The first-order valence-corrected chi connectivity index (χ1v) is 9.42. The maximum atomic E-state index is 2.30. The number of hydrogen-bond donors (Lipinski definition) is 0. The number of imidazole rings is 1. The summed E-state index contributed by atoms with van der Waals surface area (Å²) < 4.78 is 5.00. The van der Waals surface area contributed by atoms with Gasteiger partial charge in [-0.3, -0.25) is 0 Å². The molecule has 0 N–H and O–H groups in total. The minimum absolute atomic E-state index is 0.389. The van der Waals surface area contributed by atoms with Crippen LogP contribution in [0.15, 0.2) is 18.7 Å². The molecule has 0 spiro atoms. The van der Waals surface area contributed by atoms with Crippen LogP contribution in [0.2, 0.25) is 0 Å². The molecule has 0 aliphatic rings. The molecule has 0 bridgehead atoms. The molecule has 4 heteroatoms. The van der Waals surface area contributed by atoms with Gasteiger partial charge in [-0.05, 0) is 0 Å². The van der Waals surface area contributed by atoms with E-state index in [1.807, 2.05) is 42.0 Å². The summed E-state index contributed by atoms with van der Waals surface area (Å²) in [6, 6.07) is 0. The van der Waals surface area contributed by atoms with Gasteiger partial charge < -0.3 is 4.48 Å². The van der Waals surface area contributed by atoms with Crippen LogP contribution in [0.1, 0.15) is 0 Å². The molecule has 1 aromatic rings. The number of hydrogen-bond acceptors (Lipinski definition) is 0. The Hall–Kier alpha value is -0.400. The van der Waals surface area contributed by atoms with Crippen molar-refractivity contribution in [3.8, 4) is 0 Å². The predicted octanol–water partition coefficient (Wildman–Crippen LogP) is 1.70. The molecule has 1 aromatic heterocycles. The van der Waals surface area contributed by atoms with E-state index in [4.69, 9.17) is 0 Å². The number of aromatic nitrogens is 2. The van der Waals surface area contributed by atoms with Crippen LogP contribution >= 0.6 is 7.26 Å². The summed E-state index contributed by atoms with van der Waals surface area (Å²) in [6.07, 6.45) is 6.00. The Morgan fingerprint density at radius 2 is 1.29 bits per heavy atom. The van der Waals surface area contributed by atoms with Gasteiger partial charge in [0.1, 0.15) is 12.4 Å². The second-order valence-corrected chi connectivity index (χ2v) is 12.5. The molecule has 3 nitrogen and oxygen atoms in total. The number of quaternary nitrogens is 1. The van der Waals surface area contributed by atoms with Gasteiger partial charge in [0.15, 0.2) is 0 Å². The molecule has 0 saturated carbocycles. The lowest BCUT2D eigenvalue weighted by Crippen LogP contribution is -2.27. The lowest BCUT2D eigenvalue weighted by atomic mass is 10.8. The highest BCUT2D eigenvalue weighted by molar-refractivity contribution is 7.73. The van der Waals surface area contributed by atoms with Crippen molar-refractivity contribution in [2.75, 3.05) is 54.8 Å². The van der Waals surface area contributed by atoms with E-state index in [0.29, 0.717) is 0 Å². The summed E-state index contributed by atoms with van der Waals surface area (Å²) in [5.41, 5.74) is 0. The van der Waals surface area contributed by atoms with Crippen LogP contribution in [-0.2, 0) is 14.1 Å². The van der Waals surface area contributed by atoms with E-state index in [0.717, 1.165) is 4.48 Å². The van der Waals surface area contributed by atoms with Crippen LogP contribution in [0, 0.1) is 0 Å². The van der Waals surface area contributed by atoms with Crippen LogP contribution in [0.3, 0.4) is 0 Å². The maximum Gasteiger partial charge on any atom is 0.243 e. The zero-order chi connectivity index (χ0) is 14.3. The van der Waals surface area contributed by atoms with Gasteiger partial charge in [0.05, 0.1) is 42.3 Å². The molecule has 1 rings (SSSR count). The molecular weight excluding hydrogens is 229 g/mol. The number of nitrogens with zero attached hydrogens (tertiary/aromatic N) is 3. The van der Waals surface area contributed by atoms with E-state index in [1.54, 1.807) is 0 Å². The standard InChI is InChI=1S/C5H9N2.C4H12N.C4H12P/c1-6-3-4-7(2)5-6;2*1-5(2,3)4/h3-5H,1-2H3;2*1-4H3/q3*+1. The van der Waals surface area contributed by atoms with Gasteiger partial charge in [0, 0.05) is 33.9 Å². The minimum Gasteiger partial charge on any atom is -0.333 e. The van der Waals surface area contributed by atoms with Crippen LogP contribution in [-0.4, -0.2) is 63.9 Å². The first-order chi connectivity index (χ1) is 7.29. The Balaban J connectivity index is 0. The molecule has 0 radical (unpaired) electrons. The van der Waals surface area contributed by atoms with Gasteiger partial charge in [0.2, 0.25) is 6.33 Å². The zero-order valence-electron chi connectivity index (χ0n) is 13.5. The largest absolute Gasteiger partial charge is 0.333 e. The van der Waals surface area contributed by atoms with Crippen LogP contribution in [0.25, 0.3) is 0 Å². The fourth-order valence-corrected chi connectivity index (χ4v) is 0.575. The average molecular weight is 262 g/mol. The summed E-state index contributed by atoms with van der Waals surface area (Å²) >= 11 is 0. The molecule has 0 atom stereocenters. The molecule has 0 saturated heterocycles. The van der Waals surface area contributed by atoms with Crippen molar-refractivity contribution in [3.05, 3.63) is 18.7 Å². The number of aryl methyl sites for hydroxylation is 2. The minimum atomic E-state index is -0.389. The van der Waals surface area contributed by atoms with Gasteiger partial charge in [-0.1, -0.05) is 0 Å². The summed E-state index contributed by atoms with van der Waals surface area (Å²) in [4.78, 5) is 0. The third-order valence-corrected chi connectivity index (χ3v) is 0.901. The summed E-state index contributed by atoms with van der Waals surface area (Å²) in [6.45, 7) is 9.19. The molecule has 0 amide bonds. The highest BCUT2D eigenvalue weighted by atomic mass is 31.2. The lowest BCUT2D eigenvalue weighted by Gasteiger charge is -2.14. The Bertz CT molecular complexity index is 252. The van der Waals surface area contributed by atoms with Gasteiger partial charge in [-0.2, -0.15) is 0 Å². The second-order valence-electron chi connectivity index (χ2n) is 7.11. The van der Waals surface area contributed by atoms with Crippen molar-refractivity contribution in [2.45, 2.75) is 0 Å². The van der Waals surface area contributed by atoms with Crippen molar-refractivity contribution >= 4 is 7.26 Å². The third-order valence-electron chi connectivity index (χ3n) is 0.901. The molecule has 0 aromatic carbocycles. The average Bonchev–Trinajstić information content (AvgIpc) is 2.26. The van der Waals surface area contributed by atoms with Crippen molar-refractivity contribution in [2.24, 2.45) is 14.1 Å². The molecular formula is C13H33N3P+3. The first kappa shape index (κ1) is 19.0. The Labute approximate surface area is 109 Å². The van der Waals surface area contributed by atoms with E-state index in [1.165, 1.54) is 0 Å². The molecule has 1 heterocycles. The normalized spacial score (nSPS) is 10.9. The number of rotatable bonds is 0. The Morgan fingerprint density at radius 1 is 1.00 bits per heavy atom. The quantitative estimate of drug-likeness (QED) is 0.382. The molecule has 0 aliphatic heterocycles. The molecule has 17 heavy (non-hydrogen) atoms. The summed E-state index contributed by atoms with van der Waals surface area (Å²) in [5, 5.41) is 0. The fraction of sp³-hybridized carbons (Fsp3) is 0.769. The fourth-order valence-electron chi connectivity index (χ4n) is 0.575. The molecule has 102 valence electrons. The van der Waals surface area contributed by atoms with E-state index in [9.17, 15) is 0 Å². The predicted molar refractivity (Wildman–Crippen MR) is 81.2 cm³/mol. The smallest absolute Gasteiger partial charge is 0.243 e. The van der Waals surface area contributed by atoms with Gasteiger partial charge >= 0.3 is 0 Å². The maximum absolute atomic E-state index is 2.30. The molecule has 0 fully saturated rings. The van der Waals surface area contributed by atoms with E-state index in [-0.39, 0.29) is 7.26 Å². The topological polar surface area (TPSA) is 8.81 Å². The van der Waals surface area contributed by atoms with Gasteiger partial charge in [-0.25, -0.2) is 9.13 Å².